The molecule has 1 aromatic rings. The summed E-state index contributed by atoms with van der Waals surface area (Å²) in [4.78, 5) is 17.6. The van der Waals surface area contributed by atoms with Gasteiger partial charge in [-0.1, -0.05) is 44.4 Å². The van der Waals surface area contributed by atoms with E-state index in [0.717, 1.165) is 25.3 Å². The molecule has 0 radical (unpaired) electrons. The Morgan fingerprint density at radius 3 is 2.44 bits per heavy atom. The molecule has 1 aliphatic rings. The number of carbonyl (C=O) groups is 1. The van der Waals surface area contributed by atoms with E-state index >= 15 is 0 Å². The van der Waals surface area contributed by atoms with Crippen molar-refractivity contribution in [2.75, 3.05) is 26.7 Å². The highest BCUT2D eigenvalue weighted by atomic mass is 127. The van der Waals surface area contributed by atoms with Gasteiger partial charge in [-0.25, -0.2) is 0 Å². The summed E-state index contributed by atoms with van der Waals surface area (Å²) in [6.07, 6.45) is 5.73. The van der Waals surface area contributed by atoms with Crippen LogP contribution < -0.4 is 16.0 Å². The molecule has 1 aromatic carbocycles. The van der Waals surface area contributed by atoms with Crippen molar-refractivity contribution in [3.8, 4) is 0 Å². The van der Waals surface area contributed by atoms with Crippen molar-refractivity contribution in [1.82, 2.24) is 16.0 Å². The van der Waals surface area contributed by atoms with E-state index in [-0.39, 0.29) is 35.8 Å². The lowest BCUT2D eigenvalue weighted by Crippen LogP contribution is -2.44. The molecule has 0 saturated heterocycles. The number of rotatable bonds is 8. The van der Waals surface area contributed by atoms with Gasteiger partial charge in [-0.05, 0) is 25.0 Å². The van der Waals surface area contributed by atoms with E-state index in [0.29, 0.717) is 18.3 Å². The number of benzene rings is 1. The maximum absolute atomic E-state index is 12.1. The number of carbonyl (C=O) groups excluding carboxylic acids is 1. The number of hydrogen-bond acceptors (Lipinski definition) is 3. The van der Waals surface area contributed by atoms with E-state index < -0.39 is 0 Å². The second-order valence-corrected chi connectivity index (χ2v) is 8.26. The molecule has 0 aromatic heterocycles. The van der Waals surface area contributed by atoms with Crippen LogP contribution in [0.1, 0.15) is 39.0 Å². The Kier molecular flexibility index (Phi) is 12.6. The third-order valence-corrected chi connectivity index (χ3v) is 5.67. The van der Waals surface area contributed by atoms with Gasteiger partial charge in [-0.3, -0.25) is 9.79 Å². The van der Waals surface area contributed by atoms with E-state index in [4.69, 9.17) is 0 Å². The molecule has 0 heterocycles. The first-order valence-corrected chi connectivity index (χ1v) is 10.5. The molecule has 0 aliphatic heterocycles. The zero-order valence-corrected chi connectivity index (χ0v) is 19.5. The van der Waals surface area contributed by atoms with Crippen LogP contribution in [0.15, 0.2) is 40.2 Å². The maximum Gasteiger partial charge on any atom is 0.223 e. The summed E-state index contributed by atoms with van der Waals surface area (Å²) >= 11 is 1.84. The lowest BCUT2D eigenvalue weighted by molar-refractivity contribution is -0.125. The Balaban J connectivity index is 0.00000364. The van der Waals surface area contributed by atoms with Crippen molar-refractivity contribution in [3.05, 3.63) is 30.3 Å². The Morgan fingerprint density at radius 1 is 1.11 bits per heavy atom. The zero-order valence-electron chi connectivity index (χ0n) is 16.4. The molecule has 5 nitrogen and oxygen atoms in total. The molecular formula is C20H33IN4OS. The van der Waals surface area contributed by atoms with Gasteiger partial charge in [0, 0.05) is 42.7 Å². The SMILES string of the molecule is CN=C(NCCNC(=O)C1CCCCC1)NCC(C)Sc1ccccc1.I. The standard InChI is InChI=1S/C20H32N4OS.HI/c1-16(26-18-11-7-4-8-12-18)15-24-20(21-2)23-14-13-22-19(25)17-9-5-3-6-10-17;/h4,7-8,11-12,16-17H,3,5-6,9-10,13-15H2,1-2H3,(H,22,25)(H2,21,23,24);1H. The Morgan fingerprint density at radius 2 is 1.78 bits per heavy atom. The van der Waals surface area contributed by atoms with Crippen LogP contribution in [-0.2, 0) is 4.79 Å². The van der Waals surface area contributed by atoms with E-state index in [2.05, 4.69) is 52.1 Å². The number of thioether (sulfide) groups is 1. The van der Waals surface area contributed by atoms with Crippen molar-refractivity contribution in [3.63, 3.8) is 0 Å². The summed E-state index contributed by atoms with van der Waals surface area (Å²) in [6.45, 7) is 4.33. The number of nitrogens with one attached hydrogen (secondary N) is 3. The first-order valence-electron chi connectivity index (χ1n) is 9.63. The molecular weight excluding hydrogens is 471 g/mol. The molecule has 1 atom stereocenters. The minimum atomic E-state index is 0. The van der Waals surface area contributed by atoms with Gasteiger partial charge in [-0.15, -0.1) is 35.7 Å². The van der Waals surface area contributed by atoms with Crippen LogP contribution in [0.4, 0.5) is 0 Å². The smallest absolute Gasteiger partial charge is 0.223 e. The molecule has 152 valence electrons. The van der Waals surface area contributed by atoms with Crippen molar-refractivity contribution < 1.29 is 4.79 Å². The topological polar surface area (TPSA) is 65.5 Å². The summed E-state index contributed by atoms with van der Waals surface area (Å²) < 4.78 is 0. The second-order valence-electron chi connectivity index (χ2n) is 6.75. The molecule has 1 unspecified atom stereocenters. The van der Waals surface area contributed by atoms with Gasteiger partial charge in [0.15, 0.2) is 5.96 Å². The fraction of sp³-hybridized carbons (Fsp3) is 0.600. The number of nitrogens with zero attached hydrogens (tertiary/aromatic N) is 1. The van der Waals surface area contributed by atoms with E-state index in [9.17, 15) is 4.79 Å². The highest BCUT2D eigenvalue weighted by Gasteiger charge is 2.20. The van der Waals surface area contributed by atoms with Crippen LogP contribution in [0, 0.1) is 5.92 Å². The summed E-state index contributed by atoms with van der Waals surface area (Å²) in [5.41, 5.74) is 0. The van der Waals surface area contributed by atoms with E-state index in [1.165, 1.54) is 24.2 Å². The first kappa shape index (κ1) is 24.1. The predicted octanol–water partition coefficient (Wildman–Crippen LogP) is 3.65. The molecule has 1 fully saturated rings. The average Bonchev–Trinajstić information content (AvgIpc) is 2.68. The molecule has 1 saturated carbocycles. The molecule has 1 aliphatic carbocycles. The lowest BCUT2D eigenvalue weighted by atomic mass is 9.89. The van der Waals surface area contributed by atoms with Crippen LogP contribution in [0.2, 0.25) is 0 Å². The minimum Gasteiger partial charge on any atom is -0.355 e. The van der Waals surface area contributed by atoms with Crippen molar-refractivity contribution in [2.45, 2.75) is 49.2 Å². The Bertz CT molecular complexity index is 564. The minimum absolute atomic E-state index is 0. The average molecular weight is 504 g/mol. The van der Waals surface area contributed by atoms with Gasteiger partial charge in [0.1, 0.15) is 0 Å². The number of amides is 1. The quantitative estimate of drug-likeness (QED) is 0.166. The van der Waals surface area contributed by atoms with Crippen molar-refractivity contribution >= 4 is 47.6 Å². The van der Waals surface area contributed by atoms with Crippen LogP contribution in [0.3, 0.4) is 0 Å². The summed E-state index contributed by atoms with van der Waals surface area (Å²) in [5, 5.41) is 10.1. The summed E-state index contributed by atoms with van der Waals surface area (Å²) in [5.74, 6) is 1.21. The highest BCUT2D eigenvalue weighted by molar-refractivity contribution is 14.0. The Hall–Kier alpha value is -0.960. The van der Waals surface area contributed by atoms with Gasteiger partial charge in [0.2, 0.25) is 5.91 Å². The van der Waals surface area contributed by atoms with Gasteiger partial charge >= 0.3 is 0 Å². The largest absolute Gasteiger partial charge is 0.355 e. The molecule has 2 rings (SSSR count). The van der Waals surface area contributed by atoms with Crippen LogP contribution >= 0.6 is 35.7 Å². The van der Waals surface area contributed by atoms with Gasteiger partial charge in [0.05, 0.1) is 0 Å². The maximum atomic E-state index is 12.1. The molecule has 27 heavy (non-hydrogen) atoms. The summed E-state index contributed by atoms with van der Waals surface area (Å²) in [6, 6.07) is 10.4. The normalized spacial score (nSPS) is 16.1. The lowest BCUT2D eigenvalue weighted by Gasteiger charge is -2.21. The molecule has 1 amide bonds. The van der Waals surface area contributed by atoms with Crippen molar-refractivity contribution in [2.24, 2.45) is 10.9 Å². The first-order chi connectivity index (χ1) is 12.7. The number of aliphatic imine (C=N–C) groups is 1. The molecule has 7 heteroatoms. The zero-order chi connectivity index (χ0) is 18.6. The third kappa shape index (κ3) is 9.69. The molecule has 0 spiro atoms. The molecule has 0 bridgehead atoms. The second kappa shape index (κ2) is 14.1. The van der Waals surface area contributed by atoms with Gasteiger partial charge < -0.3 is 16.0 Å². The molecule has 3 N–H and O–H groups in total. The van der Waals surface area contributed by atoms with Crippen LogP contribution in [0.5, 0.6) is 0 Å². The number of guanidine groups is 1. The van der Waals surface area contributed by atoms with Crippen LogP contribution in [0.25, 0.3) is 0 Å². The third-order valence-electron chi connectivity index (χ3n) is 4.55. The van der Waals surface area contributed by atoms with Gasteiger partial charge in [0.25, 0.3) is 0 Å². The number of halogens is 1. The van der Waals surface area contributed by atoms with Crippen LogP contribution in [-0.4, -0.2) is 43.8 Å². The predicted molar refractivity (Wildman–Crippen MR) is 126 cm³/mol. The van der Waals surface area contributed by atoms with E-state index in [1.54, 1.807) is 7.05 Å². The van der Waals surface area contributed by atoms with Gasteiger partial charge in [-0.2, -0.15) is 0 Å². The van der Waals surface area contributed by atoms with E-state index in [1.807, 2.05) is 17.8 Å². The fourth-order valence-electron chi connectivity index (χ4n) is 3.11. The number of hydrogen-bond donors (Lipinski definition) is 3. The summed E-state index contributed by atoms with van der Waals surface area (Å²) in [7, 11) is 1.77. The fourth-order valence-corrected chi connectivity index (χ4v) is 4.06. The monoisotopic (exact) mass is 504 g/mol. The van der Waals surface area contributed by atoms with Crippen molar-refractivity contribution in [1.29, 1.82) is 0 Å². The Labute approximate surface area is 185 Å². The highest BCUT2D eigenvalue weighted by Crippen LogP contribution is 2.23.